The SMILES string of the molecule is COc1cccc([C@@H]2CCN2C(=O)[C@@H]2CC(=O)N(C(C)C)C2)c1. The lowest BCUT2D eigenvalue weighted by Crippen LogP contribution is -2.48. The molecule has 2 fully saturated rings. The van der Waals surface area contributed by atoms with E-state index in [1.807, 2.05) is 47.9 Å². The second kappa shape index (κ2) is 6.22. The summed E-state index contributed by atoms with van der Waals surface area (Å²) in [6, 6.07) is 8.16. The van der Waals surface area contributed by atoms with Gasteiger partial charge in [0, 0.05) is 25.6 Å². The zero-order valence-electron chi connectivity index (χ0n) is 14.0. The monoisotopic (exact) mass is 316 g/mol. The van der Waals surface area contributed by atoms with Gasteiger partial charge < -0.3 is 14.5 Å². The second-order valence-corrected chi connectivity index (χ2v) is 6.65. The summed E-state index contributed by atoms with van der Waals surface area (Å²) in [5.74, 6) is 0.819. The van der Waals surface area contributed by atoms with Gasteiger partial charge in [0.25, 0.3) is 0 Å². The van der Waals surface area contributed by atoms with E-state index in [-0.39, 0.29) is 29.8 Å². The van der Waals surface area contributed by atoms with Crippen LogP contribution in [-0.2, 0) is 9.59 Å². The molecule has 2 aliphatic rings. The van der Waals surface area contributed by atoms with E-state index in [0.717, 1.165) is 24.3 Å². The van der Waals surface area contributed by atoms with E-state index in [4.69, 9.17) is 4.74 Å². The summed E-state index contributed by atoms with van der Waals surface area (Å²) in [6.45, 7) is 5.31. The Morgan fingerprint density at radius 2 is 2.13 bits per heavy atom. The Kier molecular flexibility index (Phi) is 4.28. The van der Waals surface area contributed by atoms with Crippen molar-refractivity contribution in [2.45, 2.75) is 38.8 Å². The third kappa shape index (κ3) is 2.92. The topological polar surface area (TPSA) is 49.9 Å². The number of carbonyl (C=O) groups excluding carboxylic acids is 2. The molecule has 0 saturated carbocycles. The van der Waals surface area contributed by atoms with Gasteiger partial charge in [-0.3, -0.25) is 9.59 Å². The molecule has 5 heteroatoms. The second-order valence-electron chi connectivity index (χ2n) is 6.65. The van der Waals surface area contributed by atoms with Crippen LogP contribution in [0.25, 0.3) is 0 Å². The maximum Gasteiger partial charge on any atom is 0.228 e. The number of hydrogen-bond donors (Lipinski definition) is 0. The molecule has 124 valence electrons. The smallest absolute Gasteiger partial charge is 0.228 e. The first-order valence-corrected chi connectivity index (χ1v) is 8.25. The molecular weight excluding hydrogens is 292 g/mol. The van der Waals surface area contributed by atoms with E-state index in [9.17, 15) is 9.59 Å². The maximum absolute atomic E-state index is 12.8. The zero-order chi connectivity index (χ0) is 16.6. The van der Waals surface area contributed by atoms with Gasteiger partial charge in [-0.15, -0.1) is 0 Å². The Labute approximate surface area is 137 Å². The van der Waals surface area contributed by atoms with Gasteiger partial charge in [-0.05, 0) is 38.0 Å². The Bertz CT molecular complexity index is 614. The molecule has 0 radical (unpaired) electrons. The first-order chi connectivity index (χ1) is 11.0. The quantitative estimate of drug-likeness (QED) is 0.856. The van der Waals surface area contributed by atoms with Gasteiger partial charge in [-0.25, -0.2) is 0 Å². The molecule has 2 atom stereocenters. The third-order valence-corrected chi connectivity index (χ3v) is 4.91. The molecule has 0 unspecified atom stereocenters. The first-order valence-electron chi connectivity index (χ1n) is 8.25. The lowest BCUT2D eigenvalue weighted by Gasteiger charge is -2.42. The van der Waals surface area contributed by atoms with E-state index >= 15 is 0 Å². The fourth-order valence-corrected chi connectivity index (χ4v) is 3.48. The molecule has 1 aromatic carbocycles. The molecule has 0 bridgehead atoms. The Balaban J connectivity index is 1.70. The number of hydrogen-bond acceptors (Lipinski definition) is 3. The maximum atomic E-state index is 12.8. The first kappa shape index (κ1) is 15.8. The molecule has 5 nitrogen and oxygen atoms in total. The minimum Gasteiger partial charge on any atom is -0.497 e. The van der Waals surface area contributed by atoms with Gasteiger partial charge in [0.2, 0.25) is 11.8 Å². The highest BCUT2D eigenvalue weighted by atomic mass is 16.5. The standard InChI is InChI=1S/C18H24N2O3/c1-12(2)20-11-14(10-17(20)21)18(22)19-8-7-16(19)13-5-4-6-15(9-13)23-3/h4-6,9,12,14,16H,7-8,10-11H2,1-3H3/t14-,16+/m1/s1. The molecule has 0 aliphatic carbocycles. The summed E-state index contributed by atoms with van der Waals surface area (Å²) < 4.78 is 5.27. The van der Waals surface area contributed by atoms with Crippen molar-refractivity contribution < 1.29 is 14.3 Å². The lowest BCUT2D eigenvalue weighted by atomic mass is 9.92. The average Bonchev–Trinajstić information content (AvgIpc) is 2.88. The Morgan fingerprint density at radius 1 is 1.35 bits per heavy atom. The number of methoxy groups -OCH3 is 1. The Hall–Kier alpha value is -2.04. The van der Waals surface area contributed by atoms with E-state index in [1.165, 1.54) is 0 Å². The van der Waals surface area contributed by atoms with Crippen LogP contribution in [-0.4, -0.2) is 47.9 Å². The largest absolute Gasteiger partial charge is 0.497 e. The average molecular weight is 316 g/mol. The zero-order valence-corrected chi connectivity index (χ0v) is 14.0. The summed E-state index contributed by atoms with van der Waals surface area (Å²) in [5.41, 5.74) is 1.11. The number of amides is 2. The third-order valence-electron chi connectivity index (χ3n) is 4.91. The molecule has 0 aromatic heterocycles. The molecule has 1 aromatic rings. The number of benzene rings is 1. The highest BCUT2D eigenvalue weighted by Gasteiger charge is 2.42. The number of ether oxygens (including phenoxy) is 1. The van der Waals surface area contributed by atoms with Gasteiger partial charge in [0.05, 0.1) is 19.1 Å². The molecule has 3 rings (SSSR count). The van der Waals surface area contributed by atoms with Gasteiger partial charge in [0.15, 0.2) is 0 Å². The molecule has 0 spiro atoms. The van der Waals surface area contributed by atoms with Crippen LogP contribution in [0.2, 0.25) is 0 Å². The van der Waals surface area contributed by atoms with Crippen LogP contribution >= 0.6 is 0 Å². The molecule has 2 amide bonds. The fourth-order valence-electron chi connectivity index (χ4n) is 3.48. The summed E-state index contributed by atoms with van der Waals surface area (Å²) >= 11 is 0. The van der Waals surface area contributed by atoms with Crippen LogP contribution in [0.15, 0.2) is 24.3 Å². The van der Waals surface area contributed by atoms with Crippen molar-refractivity contribution in [3.05, 3.63) is 29.8 Å². The number of rotatable bonds is 4. The molecule has 0 N–H and O–H groups in total. The van der Waals surface area contributed by atoms with Crippen LogP contribution in [0.1, 0.15) is 38.3 Å². The van der Waals surface area contributed by atoms with Crippen LogP contribution < -0.4 is 4.74 Å². The van der Waals surface area contributed by atoms with Gasteiger partial charge in [-0.2, -0.15) is 0 Å². The van der Waals surface area contributed by atoms with Crippen LogP contribution in [0, 0.1) is 5.92 Å². The lowest BCUT2D eigenvalue weighted by molar-refractivity contribution is -0.143. The van der Waals surface area contributed by atoms with Crippen molar-refractivity contribution >= 4 is 11.8 Å². The number of likely N-dealkylation sites (tertiary alicyclic amines) is 2. The van der Waals surface area contributed by atoms with E-state index in [0.29, 0.717) is 13.0 Å². The van der Waals surface area contributed by atoms with Crippen molar-refractivity contribution in [3.8, 4) is 5.75 Å². The summed E-state index contributed by atoms with van der Waals surface area (Å²) in [5, 5.41) is 0. The van der Waals surface area contributed by atoms with Crippen molar-refractivity contribution in [1.29, 1.82) is 0 Å². The minimum atomic E-state index is -0.196. The van der Waals surface area contributed by atoms with Crippen molar-refractivity contribution in [3.63, 3.8) is 0 Å². The predicted octanol–water partition coefficient (Wildman–Crippen LogP) is 2.23. The van der Waals surface area contributed by atoms with Crippen molar-refractivity contribution in [1.82, 2.24) is 9.80 Å². The normalized spacial score (nSPS) is 24.1. The molecular formula is C18H24N2O3. The van der Waals surface area contributed by atoms with Crippen LogP contribution in [0.4, 0.5) is 0 Å². The minimum absolute atomic E-state index is 0.0943. The highest BCUT2D eigenvalue weighted by molar-refractivity contribution is 5.90. The fraction of sp³-hybridized carbons (Fsp3) is 0.556. The molecule has 2 saturated heterocycles. The van der Waals surface area contributed by atoms with Crippen molar-refractivity contribution in [2.24, 2.45) is 5.92 Å². The number of nitrogens with zero attached hydrogens (tertiary/aromatic N) is 2. The van der Waals surface area contributed by atoms with Gasteiger partial charge in [0.1, 0.15) is 5.75 Å². The number of carbonyl (C=O) groups is 2. The Morgan fingerprint density at radius 3 is 2.70 bits per heavy atom. The van der Waals surface area contributed by atoms with Crippen molar-refractivity contribution in [2.75, 3.05) is 20.2 Å². The molecule has 23 heavy (non-hydrogen) atoms. The van der Waals surface area contributed by atoms with Gasteiger partial charge >= 0.3 is 0 Å². The summed E-state index contributed by atoms with van der Waals surface area (Å²) in [4.78, 5) is 28.6. The van der Waals surface area contributed by atoms with Crippen LogP contribution in [0.5, 0.6) is 5.75 Å². The van der Waals surface area contributed by atoms with Crippen LogP contribution in [0.3, 0.4) is 0 Å². The molecule has 2 aliphatic heterocycles. The highest BCUT2D eigenvalue weighted by Crippen LogP contribution is 2.37. The summed E-state index contributed by atoms with van der Waals surface area (Å²) in [7, 11) is 1.65. The van der Waals surface area contributed by atoms with E-state index in [2.05, 4.69) is 0 Å². The molecule has 2 heterocycles. The van der Waals surface area contributed by atoms with E-state index in [1.54, 1.807) is 7.11 Å². The van der Waals surface area contributed by atoms with Gasteiger partial charge in [-0.1, -0.05) is 12.1 Å². The predicted molar refractivity (Wildman–Crippen MR) is 87.0 cm³/mol. The summed E-state index contributed by atoms with van der Waals surface area (Å²) in [6.07, 6.45) is 1.31. The van der Waals surface area contributed by atoms with E-state index < -0.39 is 0 Å².